The molecule has 0 unspecified atom stereocenters. The molecule has 0 aliphatic rings. The summed E-state index contributed by atoms with van der Waals surface area (Å²) in [6, 6.07) is 11.4. The molecule has 0 N–H and O–H groups in total. The van der Waals surface area contributed by atoms with Crippen molar-refractivity contribution in [2.75, 3.05) is 13.3 Å². The van der Waals surface area contributed by atoms with Crippen LogP contribution in [0.15, 0.2) is 47.5 Å². The van der Waals surface area contributed by atoms with Gasteiger partial charge >= 0.3 is 0 Å². The lowest BCUT2D eigenvalue weighted by atomic mass is 10.2. The lowest BCUT2D eigenvalue weighted by Gasteiger charge is -2.17. The van der Waals surface area contributed by atoms with Crippen molar-refractivity contribution in [3.05, 3.63) is 58.9 Å². The van der Waals surface area contributed by atoms with Crippen molar-refractivity contribution in [1.29, 1.82) is 0 Å². The number of rotatable bonds is 4. The van der Waals surface area contributed by atoms with Crippen LogP contribution in [-0.4, -0.2) is 29.1 Å². The number of thioether (sulfide) groups is 1. The Bertz CT molecular complexity index is 601. The molecule has 0 saturated heterocycles. The van der Waals surface area contributed by atoms with E-state index >= 15 is 0 Å². The van der Waals surface area contributed by atoms with Gasteiger partial charge in [-0.1, -0.05) is 23.7 Å². The maximum atomic E-state index is 12.3. The minimum Gasteiger partial charge on any atom is -0.337 e. The summed E-state index contributed by atoms with van der Waals surface area (Å²) >= 11 is 7.50. The highest BCUT2D eigenvalue weighted by Gasteiger charge is 2.12. The minimum atomic E-state index is -0.0664. The van der Waals surface area contributed by atoms with E-state index < -0.39 is 0 Å². The summed E-state index contributed by atoms with van der Waals surface area (Å²) in [4.78, 5) is 19.0. The third-order valence-electron chi connectivity index (χ3n) is 2.90. The van der Waals surface area contributed by atoms with Crippen LogP contribution in [0, 0.1) is 0 Å². The Labute approximate surface area is 128 Å². The quantitative estimate of drug-likeness (QED) is 0.637. The number of halogens is 1. The van der Waals surface area contributed by atoms with Gasteiger partial charge in [0.1, 0.15) is 5.15 Å². The molecular formula is C15H15ClN2OS. The monoisotopic (exact) mass is 306 g/mol. The van der Waals surface area contributed by atoms with Gasteiger partial charge in [-0.05, 0) is 36.1 Å². The molecular weight excluding hydrogens is 292 g/mol. The zero-order valence-electron chi connectivity index (χ0n) is 11.3. The van der Waals surface area contributed by atoms with E-state index in [0.717, 1.165) is 5.56 Å². The first-order chi connectivity index (χ1) is 9.60. The number of hydrogen-bond acceptors (Lipinski definition) is 3. The number of carbonyl (C=O) groups excluding carboxylic acids is 1. The Morgan fingerprint density at radius 3 is 2.60 bits per heavy atom. The molecule has 0 atom stereocenters. The van der Waals surface area contributed by atoms with Gasteiger partial charge in [0.2, 0.25) is 0 Å². The predicted octanol–water partition coefficient (Wildman–Crippen LogP) is 3.73. The number of nitrogens with zero attached hydrogens (tertiary/aromatic N) is 2. The highest BCUT2D eigenvalue weighted by atomic mass is 35.5. The van der Waals surface area contributed by atoms with E-state index in [1.807, 2.05) is 18.4 Å². The summed E-state index contributed by atoms with van der Waals surface area (Å²) in [6.45, 7) is 0.563. The molecule has 1 aromatic heterocycles. The minimum absolute atomic E-state index is 0.0664. The molecule has 0 aliphatic carbocycles. The molecule has 0 radical (unpaired) electrons. The summed E-state index contributed by atoms with van der Waals surface area (Å²) in [5.41, 5.74) is 1.65. The Hall–Kier alpha value is -1.52. The summed E-state index contributed by atoms with van der Waals surface area (Å²) in [5, 5.41) is 0.327. The third-order valence-corrected chi connectivity index (χ3v) is 3.85. The molecule has 0 fully saturated rings. The first-order valence-electron chi connectivity index (χ1n) is 6.10. The van der Waals surface area contributed by atoms with Crippen LogP contribution < -0.4 is 0 Å². The highest BCUT2D eigenvalue weighted by molar-refractivity contribution is 7.98. The Morgan fingerprint density at radius 2 is 2.00 bits per heavy atom. The van der Waals surface area contributed by atoms with Gasteiger partial charge in [0.15, 0.2) is 0 Å². The van der Waals surface area contributed by atoms with E-state index in [2.05, 4.69) is 17.1 Å². The van der Waals surface area contributed by atoms with Crippen molar-refractivity contribution in [2.45, 2.75) is 11.4 Å². The van der Waals surface area contributed by atoms with Crippen LogP contribution in [0.1, 0.15) is 15.9 Å². The van der Waals surface area contributed by atoms with Crippen molar-refractivity contribution >= 4 is 29.3 Å². The van der Waals surface area contributed by atoms with E-state index in [1.54, 1.807) is 35.8 Å². The van der Waals surface area contributed by atoms with Crippen molar-refractivity contribution in [3.63, 3.8) is 0 Å². The molecule has 5 heteroatoms. The van der Waals surface area contributed by atoms with Gasteiger partial charge in [-0.25, -0.2) is 4.98 Å². The number of aromatic nitrogens is 1. The van der Waals surface area contributed by atoms with Gasteiger partial charge in [-0.3, -0.25) is 4.79 Å². The Morgan fingerprint density at radius 1 is 1.30 bits per heavy atom. The fraction of sp³-hybridized carbons (Fsp3) is 0.200. The molecule has 20 heavy (non-hydrogen) atoms. The Balaban J connectivity index is 2.07. The molecule has 104 valence electrons. The van der Waals surface area contributed by atoms with Gasteiger partial charge in [0.05, 0.1) is 0 Å². The van der Waals surface area contributed by atoms with Crippen LogP contribution in [0.5, 0.6) is 0 Å². The largest absolute Gasteiger partial charge is 0.337 e. The molecule has 0 spiro atoms. The molecule has 3 nitrogen and oxygen atoms in total. The van der Waals surface area contributed by atoms with Crippen LogP contribution in [0.25, 0.3) is 0 Å². The van der Waals surface area contributed by atoms with Gasteiger partial charge in [0.25, 0.3) is 5.91 Å². The van der Waals surface area contributed by atoms with Crippen molar-refractivity contribution in [2.24, 2.45) is 0 Å². The lowest BCUT2D eigenvalue weighted by Crippen LogP contribution is -2.26. The van der Waals surface area contributed by atoms with Crippen molar-refractivity contribution in [1.82, 2.24) is 9.88 Å². The molecule has 2 rings (SSSR count). The second kappa shape index (κ2) is 6.77. The first-order valence-corrected chi connectivity index (χ1v) is 7.70. The van der Waals surface area contributed by atoms with Crippen LogP contribution in [0.3, 0.4) is 0 Å². The maximum Gasteiger partial charge on any atom is 0.254 e. The number of amides is 1. The second-order valence-corrected chi connectivity index (χ2v) is 5.64. The van der Waals surface area contributed by atoms with Crippen LogP contribution in [-0.2, 0) is 6.54 Å². The average Bonchev–Trinajstić information content (AvgIpc) is 2.47. The zero-order valence-corrected chi connectivity index (χ0v) is 12.9. The van der Waals surface area contributed by atoms with Crippen LogP contribution in [0.4, 0.5) is 0 Å². The standard InChI is InChI=1S/C15H15ClN2OS/c1-18(10-11-3-5-13(20-2)6-4-11)15(19)12-7-8-17-14(16)9-12/h3-9H,10H2,1-2H3. The van der Waals surface area contributed by atoms with Gasteiger partial charge in [0, 0.05) is 30.2 Å². The summed E-state index contributed by atoms with van der Waals surface area (Å²) in [7, 11) is 1.78. The topological polar surface area (TPSA) is 33.2 Å². The molecule has 1 aromatic carbocycles. The Kier molecular flexibility index (Phi) is 5.04. The van der Waals surface area contributed by atoms with E-state index in [0.29, 0.717) is 17.3 Å². The number of hydrogen-bond donors (Lipinski definition) is 0. The van der Waals surface area contributed by atoms with Crippen LogP contribution >= 0.6 is 23.4 Å². The van der Waals surface area contributed by atoms with Crippen LogP contribution in [0.2, 0.25) is 5.15 Å². The number of benzene rings is 1. The van der Waals surface area contributed by atoms with Gasteiger partial charge < -0.3 is 4.90 Å². The molecule has 1 heterocycles. The highest BCUT2D eigenvalue weighted by Crippen LogP contribution is 2.16. The van der Waals surface area contributed by atoms with Gasteiger partial charge in [-0.2, -0.15) is 0 Å². The molecule has 2 aromatic rings. The molecule has 0 aliphatic heterocycles. The lowest BCUT2D eigenvalue weighted by molar-refractivity contribution is 0.0785. The SMILES string of the molecule is CSc1ccc(CN(C)C(=O)c2ccnc(Cl)c2)cc1. The molecule has 0 bridgehead atoms. The van der Waals surface area contributed by atoms with Crippen molar-refractivity contribution in [3.8, 4) is 0 Å². The van der Waals surface area contributed by atoms with E-state index in [9.17, 15) is 4.79 Å². The average molecular weight is 307 g/mol. The number of carbonyl (C=O) groups is 1. The second-order valence-electron chi connectivity index (χ2n) is 4.38. The third kappa shape index (κ3) is 3.74. The van der Waals surface area contributed by atoms with E-state index in [-0.39, 0.29) is 5.91 Å². The maximum absolute atomic E-state index is 12.3. The van der Waals surface area contributed by atoms with E-state index in [1.165, 1.54) is 11.1 Å². The zero-order chi connectivity index (χ0) is 14.5. The fourth-order valence-corrected chi connectivity index (χ4v) is 2.41. The summed E-state index contributed by atoms with van der Waals surface area (Å²) in [6.07, 6.45) is 3.58. The first kappa shape index (κ1) is 14.9. The predicted molar refractivity (Wildman–Crippen MR) is 83.3 cm³/mol. The summed E-state index contributed by atoms with van der Waals surface area (Å²) in [5.74, 6) is -0.0664. The van der Waals surface area contributed by atoms with E-state index in [4.69, 9.17) is 11.6 Å². The summed E-state index contributed by atoms with van der Waals surface area (Å²) < 4.78 is 0. The molecule has 0 saturated carbocycles. The molecule has 1 amide bonds. The normalized spacial score (nSPS) is 10.3. The number of pyridine rings is 1. The fourth-order valence-electron chi connectivity index (χ4n) is 1.83. The van der Waals surface area contributed by atoms with Gasteiger partial charge in [-0.15, -0.1) is 11.8 Å². The smallest absolute Gasteiger partial charge is 0.254 e. The van der Waals surface area contributed by atoms with Crippen molar-refractivity contribution < 1.29 is 4.79 Å².